The molecule has 1 atom stereocenters. The first-order valence-corrected chi connectivity index (χ1v) is 7.66. The van der Waals surface area contributed by atoms with Crippen molar-refractivity contribution in [2.45, 2.75) is 45.3 Å². The van der Waals surface area contributed by atoms with Gasteiger partial charge in [-0.05, 0) is 50.6 Å². The van der Waals surface area contributed by atoms with E-state index < -0.39 is 0 Å². The van der Waals surface area contributed by atoms with E-state index >= 15 is 0 Å². The molecule has 4 heteroatoms. The largest absolute Gasteiger partial charge is 0.392 e. The molecule has 112 valence electrons. The van der Waals surface area contributed by atoms with Crippen molar-refractivity contribution < 1.29 is 5.11 Å². The van der Waals surface area contributed by atoms with Crippen LogP contribution in [0.3, 0.4) is 0 Å². The first-order chi connectivity index (χ1) is 9.63. The number of hydrogen-bond acceptors (Lipinski definition) is 4. The molecule has 0 amide bonds. The van der Waals surface area contributed by atoms with Crippen LogP contribution >= 0.6 is 0 Å². The van der Waals surface area contributed by atoms with Crippen LogP contribution in [0.15, 0.2) is 12.1 Å². The number of anilines is 1. The third kappa shape index (κ3) is 3.70. The number of pyridine rings is 1. The van der Waals surface area contributed by atoms with Crippen molar-refractivity contribution >= 4 is 5.82 Å². The molecule has 0 aliphatic carbocycles. The smallest absolute Gasteiger partial charge is 0.128 e. The van der Waals surface area contributed by atoms with Crippen molar-refractivity contribution in [3.05, 3.63) is 23.4 Å². The quantitative estimate of drug-likeness (QED) is 0.864. The second-order valence-corrected chi connectivity index (χ2v) is 5.89. The minimum Gasteiger partial charge on any atom is -0.392 e. The minimum absolute atomic E-state index is 0.0867. The van der Waals surface area contributed by atoms with Crippen LogP contribution in [0, 0.1) is 0 Å². The highest BCUT2D eigenvalue weighted by molar-refractivity contribution is 5.42. The number of aromatic nitrogens is 1. The molecule has 1 N–H and O–H groups in total. The van der Waals surface area contributed by atoms with E-state index in [1.807, 2.05) is 12.1 Å². The predicted octanol–water partition coefficient (Wildman–Crippen LogP) is 2.06. The maximum absolute atomic E-state index is 9.41. The molecule has 1 aliphatic heterocycles. The van der Waals surface area contributed by atoms with Gasteiger partial charge in [0, 0.05) is 25.3 Å². The summed E-state index contributed by atoms with van der Waals surface area (Å²) in [6.45, 7) is 4.45. The Kier molecular flexibility index (Phi) is 5.38. The molecule has 2 heterocycles. The fourth-order valence-electron chi connectivity index (χ4n) is 2.92. The summed E-state index contributed by atoms with van der Waals surface area (Å²) in [4.78, 5) is 9.39. The van der Waals surface area contributed by atoms with Crippen LogP contribution in [0.1, 0.15) is 37.4 Å². The molecule has 0 aromatic carbocycles. The maximum Gasteiger partial charge on any atom is 0.128 e. The normalized spacial score (nSPS) is 19.5. The Morgan fingerprint density at radius 3 is 2.85 bits per heavy atom. The summed E-state index contributed by atoms with van der Waals surface area (Å²) >= 11 is 0. The lowest BCUT2D eigenvalue weighted by Gasteiger charge is -2.27. The molecule has 1 unspecified atom stereocenters. The van der Waals surface area contributed by atoms with Gasteiger partial charge in [-0.15, -0.1) is 0 Å². The Hall–Kier alpha value is -1.13. The van der Waals surface area contributed by atoms with Gasteiger partial charge in [-0.2, -0.15) is 0 Å². The number of aliphatic hydroxyl groups is 1. The average molecular weight is 277 g/mol. The lowest BCUT2D eigenvalue weighted by atomic mass is 10.1. The van der Waals surface area contributed by atoms with Crippen molar-refractivity contribution in [1.29, 1.82) is 0 Å². The number of aliphatic hydroxyl groups excluding tert-OH is 1. The molecule has 1 aliphatic rings. The first-order valence-electron chi connectivity index (χ1n) is 7.66. The molecule has 1 fully saturated rings. The summed E-state index contributed by atoms with van der Waals surface area (Å²) in [5.41, 5.74) is 2.05. The molecule has 0 radical (unpaired) electrons. The van der Waals surface area contributed by atoms with Crippen LogP contribution < -0.4 is 4.90 Å². The van der Waals surface area contributed by atoms with Crippen LogP contribution in [0.5, 0.6) is 0 Å². The van der Waals surface area contributed by atoms with Gasteiger partial charge in [0.05, 0.1) is 6.61 Å². The Morgan fingerprint density at radius 1 is 1.45 bits per heavy atom. The van der Waals surface area contributed by atoms with E-state index in [1.54, 1.807) is 0 Å². The summed E-state index contributed by atoms with van der Waals surface area (Å²) < 4.78 is 0. The van der Waals surface area contributed by atoms with E-state index in [-0.39, 0.29) is 6.61 Å². The maximum atomic E-state index is 9.41. The summed E-state index contributed by atoms with van der Waals surface area (Å²) in [6.07, 6.45) is 4.61. The number of nitrogens with zero attached hydrogens (tertiary/aromatic N) is 3. The second-order valence-electron chi connectivity index (χ2n) is 5.89. The molecular formula is C16H27N3O. The second kappa shape index (κ2) is 7.04. The van der Waals surface area contributed by atoms with E-state index in [0.29, 0.717) is 6.04 Å². The molecule has 1 aromatic heterocycles. The summed E-state index contributed by atoms with van der Waals surface area (Å²) in [5, 5.41) is 9.41. The highest BCUT2D eigenvalue weighted by atomic mass is 16.3. The van der Waals surface area contributed by atoms with E-state index in [4.69, 9.17) is 4.98 Å². The SMILES string of the molecule is CCCc1cc(CO)cc(N(C)CC2CCCN2C)n1. The predicted molar refractivity (Wildman–Crippen MR) is 83.1 cm³/mol. The van der Waals surface area contributed by atoms with Crippen LogP contribution in [-0.4, -0.2) is 48.2 Å². The first kappa shape index (κ1) is 15.3. The van der Waals surface area contributed by atoms with E-state index in [1.165, 1.54) is 19.4 Å². The third-order valence-corrected chi connectivity index (χ3v) is 4.16. The Balaban J connectivity index is 2.11. The summed E-state index contributed by atoms with van der Waals surface area (Å²) in [6, 6.07) is 4.64. The zero-order valence-corrected chi connectivity index (χ0v) is 13.0. The fourth-order valence-corrected chi connectivity index (χ4v) is 2.92. The standard InChI is InChI=1S/C16H27N3O/c1-4-6-14-9-13(12-20)10-16(17-14)19(3)11-15-7-5-8-18(15)2/h9-10,15,20H,4-8,11-12H2,1-3H3. The molecule has 20 heavy (non-hydrogen) atoms. The van der Waals surface area contributed by atoms with Gasteiger partial charge < -0.3 is 14.9 Å². The number of rotatable bonds is 6. The van der Waals surface area contributed by atoms with Crippen LogP contribution in [0.25, 0.3) is 0 Å². The van der Waals surface area contributed by atoms with E-state index in [0.717, 1.165) is 36.5 Å². The zero-order chi connectivity index (χ0) is 14.5. The molecule has 4 nitrogen and oxygen atoms in total. The average Bonchev–Trinajstić information content (AvgIpc) is 2.84. The van der Waals surface area contributed by atoms with E-state index in [9.17, 15) is 5.11 Å². The molecule has 1 saturated heterocycles. The van der Waals surface area contributed by atoms with Gasteiger partial charge in [-0.25, -0.2) is 4.98 Å². The summed E-state index contributed by atoms with van der Waals surface area (Å²) in [5.74, 6) is 0.986. The van der Waals surface area contributed by atoms with Gasteiger partial charge >= 0.3 is 0 Å². The monoisotopic (exact) mass is 277 g/mol. The molecular weight excluding hydrogens is 250 g/mol. The Bertz CT molecular complexity index is 436. The van der Waals surface area contributed by atoms with Crippen molar-refractivity contribution in [3.63, 3.8) is 0 Å². The van der Waals surface area contributed by atoms with Crippen molar-refractivity contribution in [2.24, 2.45) is 0 Å². The topological polar surface area (TPSA) is 39.6 Å². The Labute approximate surface area is 122 Å². The highest BCUT2D eigenvalue weighted by Gasteiger charge is 2.22. The highest BCUT2D eigenvalue weighted by Crippen LogP contribution is 2.20. The summed E-state index contributed by atoms with van der Waals surface area (Å²) in [7, 11) is 4.30. The third-order valence-electron chi connectivity index (χ3n) is 4.16. The fraction of sp³-hybridized carbons (Fsp3) is 0.688. The number of hydrogen-bond donors (Lipinski definition) is 1. The number of likely N-dealkylation sites (tertiary alicyclic amines) is 1. The van der Waals surface area contributed by atoms with Gasteiger partial charge in [0.2, 0.25) is 0 Å². The minimum atomic E-state index is 0.0867. The van der Waals surface area contributed by atoms with Crippen LogP contribution in [0.4, 0.5) is 5.82 Å². The van der Waals surface area contributed by atoms with Crippen molar-refractivity contribution in [3.8, 4) is 0 Å². The van der Waals surface area contributed by atoms with Crippen molar-refractivity contribution in [2.75, 3.05) is 32.1 Å². The van der Waals surface area contributed by atoms with Gasteiger partial charge in [0.1, 0.15) is 5.82 Å². The molecule has 0 saturated carbocycles. The Morgan fingerprint density at radius 2 is 2.25 bits per heavy atom. The molecule has 0 bridgehead atoms. The zero-order valence-electron chi connectivity index (χ0n) is 13.0. The van der Waals surface area contributed by atoms with E-state index in [2.05, 4.69) is 30.8 Å². The van der Waals surface area contributed by atoms with Gasteiger partial charge in [-0.3, -0.25) is 0 Å². The molecule has 2 rings (SSSR count). The number of likely N-dealkylation sites (N-methyl/N-ethyl adjacent to an activating group) is 2. The van der Waals surface area contributed by atoms with Gasteiger partial charge in [0.15, 0.2) is 0 Å². The number of aryl methyl sites for hydroxylation is 1. The van der Waals surface area contributed by atoms with Gasteiger partial charge in [-0.1, -0.05) is 13.3 Å². The van der Waals surface area contributed by atoms with Crippen LogP contribution in [0.2, 0.25) is 0 Å². The molecule has 0 spiro atoms. The molecule has 1 aromatic rings. The van der Waals surface area contributed by atoms with Crippen molar-refractivity contribution in [1.82, 2.24) is 9.88 Å². The van der Waals surface area contributed by atoms with Crippen LogP contribution in [-0.2, 0) is 13.0 Å². The lowest BCUT2D eigenvalue weighted by Crippen LogP contribution is -2.37. The lowest BCUT2D eigenvalue weighted by molar-refractivity contribution is 0.281. The van der Waals surface area contributed by atoms with Gasteiger partial charge in [0.25, 0.3) is 0 Å².